The van der Waals surface area contributed by atoms with Crippen LogP contribution >= 0.6 is 12.6 Å². The van der Waals surface area contributed by atoms with Gasteiger partial charge in [-0.1, -0.05) is 0 Å². The lowest BCUT2D eigenvalue weighted by molar-refractivity contribution is -0.141. The molecule has 3 atom stereocenters. The highest BCUT2D eigenvalue weighted by Crippen LogP contribution is 1.99. The fraction of sp³-hybridized carbons (Fsp3) is 0.467. The maximum atomic E-state index is 12.2. The Morgan fingerprint density at radius 1 is 1.17 bits per heavy atom. The molecule has 1 aromatic rings. The number of primary amides is 1. The van der Waals surface area contributed by atoms with Gasteiger partial charge in [-0.25, -0.2) is 9.78 Å². The number of H-pyrrole nitrogens is 1. The highest BCUT2D eigenvalue weighted by Gasteiger charge is 2.26. The number of aromatic nitrogens is 2. The molecule has 1 aromatic heterocycles. The second kappa shape index (κ2) is 11.7. The van der Waals surface area contributed by atoms with Crippen molar-refractivity contribution in [2.24, 2.45) is 11.5 Å². The fourth-order valence-electron chi connectivity index (χ4n) is 2.14. The van der Waals surface area contributed by atoms with Crippen molar-refractivity contribution in [1.82, 2.24) is 25.9 Å². The minimum Gasteiger partial charge on any atom is -0.480 e. The van der Waals surface area contributed by atoms with Gasteiger partial charge in [-0.2, -0.15) is 12.6 Å². The highest BCUT2D eigenvalue weighted by atomic mass is 32.1. The molecule has 160 valence electrons. The molecule has 9 N–H and O–H groups in total. The molecule has 14 heteroatoms. The van der Waals surface area contributed by atoms with Crippen LogP contribution < -0.4 is 27.4 Å². The summed E-state index contributed by atoms with van der Waals surface area (Å²) in [5.74, 6) is -4.67. The van der Waals surface area contributed by atoms with Crippen LogP contribution in [0.3, 0.4) is 0 Å². The second-order valence-corrected chi connectivity index (χ2v) is 6.34. The van der Waals surface area contributed by atoms with Crippen LogP contribution in [0, 0.1) is 0 Å². The number of nitrogens with one attached hydrogen (secondary N) is 4. The van der Waals surface area contributed by atoms with E-state index in [0.717, 1.165) is 0 Å². The maximum absolute atomic E-state index is 12.2. The average molecular weight is 429 g/mol. The molecule has 0 spiro atoms. The Hall–Kier alpha value is -3.13. The quantitative estimate of drug-likeness (QED) is 0.154. The van der Waals surface area contributed by atoms with Gasteiger partial charge < -0.3 is 37.5 Å². The van der Waals surface area contributed by atoms with E-state index in [1.807, 2.05) is 0 Å². The molecule has 29 heavy (non-hydrogen) atoms. The van der Waals surface area contributed by atoms with Crippen LogP contribution in [0.5, 0.6) is 0 Å². The van der Waals surface area contributed by atoms with Gasteiger partial charge in [0, 0.05) is 24.1 Å². The lowest BCUT2D eigenvalue weighted by Crippen LogP contribution is -2.54. The lowest BCUT2D eigenvalue weighted by atomic mass is 10.1. The first-order valence-electron chi connectivity index (χ1n) is 8.36. The summed E-state index contributed by atoms with van der Waals surface area (Å²) in [4.78, 5) is 64.8. The summed E-state index contributed by atoms with van der Waals surface area (Å²) >= 11 is 3.80. The van der Waals surface area contributed by atoms with Crippen LogP contribution in [0.2, 0.25) is 0 Å². The summed E-state index contributed by atoms with van der Waals surface area (Å²) in [7, 11) is 0. The van der Waals surface area contributed by atoms with Gasteiger partial charge in [-0.15, -0.1) is 0 Å². The van der Waals surface area contributed by atoms with Crippen LogP contribution in [0.25, 0.3) is 0 Å². The number of aliphatic carboxylic acids is 1. The molecule has 13 nitrogen and oxygen atoms in total. The van der Waals surface area contributed by atoms with Gasteiger partial charge in [0.15, 0.2) is 0 Å². The molecule has 3 unspecified atom stereocenters. The fourth-order valence-corrected chi connectivity index (χ4v) is 2.38. The molecule has 0 aliphatic carbocycles. The van der Waals surface area contributed by atoms with Crippen LogP contribution in [0.1, 0.15) is 12.1 Å². The Kier molecular flexibility index (Phi) is 9.61. The number of nitrogens with zero attached hydrogens (tertiary/aromatic N) is 1. The standard InChI is InChI=1S/C15H23N7O6S/c16-8(1-7-3-18-6-20-7)13(25)22-9(2-11(17)23)14(26)19-4-12(24)21-10(5-29)15(27)28/h3,6,8-10,29H,1-2,4-5,16H2,(H2,17,23)(H,18,20)(H,19,26)(H,21,24)(H,22,25)(H,27,28). The van der Waals surface area contributed by atoms with Gasteiger partial charge >= 0.3 is 5.97 Å². The largest absolute Gasteiger partial charge is 0.480 e. The van der Waals surface area contributed by atoms with E-state index in [1.165, 1.54) is 12.5 Å². The van der Waals surface area contributed by atoms with Gasteiger partial charge in [0.2, 0.25) is 23.6 Å². The van der Waals surface area contributed by atoms with E-state index in [1.54, 1.807) is 0 Å². The Bertz CT molecular complexity index is 742. The number of aromatic amines is 1. The minimum atomic E-state index is -1.36. The normalized spacial score (nSPS) is 13.6. The Morgan fingerprint density at radius 3 is 2.38 bits per heavy atom. The van der Waals surface area contributed by atoms with Crippen LogP contribution in [0.15, 0.2) is 12.5 Å². The van der Waals surface area contributed by atoms with E-state index in [0.29, 0.717) is 5.69 Å². The predicted octanol–water partition coefficient (Wildman–Crippen LogP) is -3.74. The van der Waals surface area contributed by atoms with E-state index in [4.69, 9.17) is 16.6 Å². The second-order valence-electron chi connectivity index (χ2n) is 5.98. The van der Waals surface area contributed by atoms with Crippen molar-refractivity contribution < 1.29 is 29.1 Å². The number of rotatable bonds is 12. The Labute approximate surface area is 170 Å². The predicted molar refractivity (Wildman–Crippen MR) is 102 cm³/mol. The Morgan fingerprint density at radius 2 is 1.86 bits per heavy atom. The molecule has 1 rings (SSSR count). The number of thiol groups is 1. The molecule has 0 fully saturated rings. The molecular formula is C15H23N7O6S. The number of carbonyl (C=O) groups excluding carboxylic acids is 4. The third-order valence-electron chi connectivity index (χ3n) is 3.61. The van der Waals surface area contributed by atoms with Gasteiger partial charge in [-0.05, 0) is 0 Å². The zero-order valence-electron chi connectivity index (χ0n) is 15.3. The third-order valence-corrected chi connectivity index (χ3v) is 3.97. The summed E-state index contributed by atoms with van der Waals surface area (Å²) in [6.45, 7) is -0.582. The van der Waals surface area contributed by atoms with Crippen LogP contribution in [0.4, 0.5) is 0 Å². The number of carbonyl (C=O) groups is 5. The van der Waals surface area contributed by atoms with Crippen molar-refractivity contribution in [3.63, 3.8) is 0 Å². The average Bonchev–Trinajstić information content (AvgIpc) is 3.15. The zero-order chi connectivity index (χ0) is 22.0. The molecular weight excluding hydrogens is 406 g/mol. The van der Waals surface area contributed by atoms with Gasteiger partial charge in [-0.3, -0.25) is 19.2 Å². The zero-order valence-corrected chi connectivity index (χ0v) is 16.1. The van der Waals surface area contributed by atoms with Crippen LogP contribution in [-0.2, 0) is 30.4 Å². The van der Waals surface area contributed by atoms with Gasteiger partial charge in [0.1, 0.15) is 12.1 Å². The maximum Gasteiger partial charge on any atom is 0.327 e. The number of nitrogens with two attached hydrogens (primary N) is 2. The number of imidazole rings is 1. The van der Waals surface area contributed by atoms with Crippen LogP contribution in [-0.4, -0.2) is 75.1 Å². The first-order chi connectivity index (χ1) is 13.6. The van der Waals surface area contributed by atoms with Crippen molar-refractivity contribution in [3.05, 3.63) is 18.2 Å². The van der Waals surface area contributed by atoms with Crippen molar-refractivity contribution in [2.75, 3.05) is 12.3 Å². The highest BCUT2D eigenvalue weighted by molar-refractivity contribution is 7.80. The molecule has 0 aliphatic heterocycles. The third kappa shape index (κ3) is 8.61. The number of carboxylic acid groups (broad SMARTS) is 1. The first-order valence-corrected chi connectivity index (χ1v) is 8.99. The van der Waals surface area contributed by atoms with Gasteiger partial charge in [0.05, 0.1) is 25.3 Å². The Balaban J connectivity index is 2.62. The molecule has 1 heterocycles. The van der Waals surface area contributed by atoms with Crippen molar-refractivity contribution >= 4 is 42.2 Å². The number of hydrogen-bond donors (Lipinski definition) is 8. The topological polar surface area (TPSA) is 222 Å². The smallest absolute Gasteiger partial charge is 0.327 e. The summed E-state index contributed by atoms with van der Waals surface area (Å²) in [5, 5.41) is 15.5. The summed E-state index contributed by atoms with van der Waals surface area (Å²) in [5.41, 5.74) is 11.5. The van der Waals surface area contributed by atoms with E-state index < -0.39 is 60.7 Å². The van der Waals surface area contributed by atoms with E-state index in [-0.39, 0.29) is 12.2 Å². The summed E-state index contributed by atoms with van der Waals surface area (Å²) in [6.07, 6.45) is 2.48. The monoisotopic (exact) mass is 429 g/mol. The van der Waals surface area contributed by atoms with E-state index >= 15 is 0 Å². The SMILES string of the molecule is NC(=O)CC(NC(=O)C(N)Cc1cnc[nH]1)C(=O)NCC(=O)NC(CS)C(=O)O. The number of hydrogen-bond acceptors (Lipinski definition) is 8. The summed E-state index contributed by atoms with van der Waals surface area (Å²) < 4.78 is 0. The molecule has 0 bridgehead atoms. The molecule has 0 aliphatic rings. The molecule has 4 amide bonds. The first kappa shape index (κ1) is 23.9. The van der Waals surface area contributed by atoms with E-state index in [9.17, 15) is 24.0 Å². The molecule has 0 radical (unpaired) electrons. The number of amides is 4. The lowest BCUT2D eigenvalue weighted by Gasteiger charge is -2.20. The molecule has 0 aromatic carbocycles. The molecule has 0 saturated heterocycles. The minimum absolute atomic E-state index is 0.111. The summed E-state index contributed by atoms with van der Waals surface area (Å²) in [6, 6.07) is -3.63. The number of carboxylic acids is 1. The van der Waals surface area contributed by atoms with Crippen molar-refractivity contribution in [2.45, 2.75) is 31.0 Å². The van der Waals surface area contributed by atoms with Gasteiger partial charge in [0.25, 0.3) is 0 Å². The van der Waals surface area contributed by atoms with Crippen molar-refractivity contribution in [3.8, 4) is 0 Å². The van der Waals surface area contributed by atoms with Crippen molar-refractivity contribution in [1.29, 1.82) is 0 Å². The molecule has 0 saturated carbocycles. The van der Waals surface area contributed by atoms with E-state index in [2.05, 4.69) is 38.5 Å².